The second kappa shape index (κ2) is 4.36. The second-order valence-corrected chi connectivity index (χ2v) is 6.59. The van der Waals surface area contributed by atoms with Gasteiger partial charge >= 0.3 is 0 Å². The van der Waals surface area contributed by atoms with Crippen molar-refractivity contribution in [3.05, 3.63) is 34.4 Å². The maximum absolute atomic E-state index is 12.5. The Bertz CT molecular complexity index is 526. The van der Waals surface area contributed by atoms with Crippen LogP contribution in [0.5, 0.6) is 0 Å². The van der Waals surface area contributed by atoms with Crippen molar-refractivity contribution in [3.63, 3.8) is 0 Å². The molecular formula is C17H23NO. The van der Waals surface area contributed by atoms with Gasteiger partial charge in [-0.25, -0.2) is 0 Å². The van der Waals surface area contributed by atoms with E-state index in [1.807, 2.05) is 4.90 Å². The van der Waals surface area contributed by atoms with Crippen LogP contribution in [0.1, 0.15) is 79.4 Å². The van der Waals surface area contributed by atoms with Crippen molar-refractivity contribution < 1.29 is 4.79 Å². The predicted octanol–water partition coefficient (Wildman–Crippen LogP) is 4.05. The van der Waals surface area contributed by atoms with E-state index in [1.165, 1.54) is 29.5 Å². The molecule has 102 valence electrons. The molecule has 1 aliphatic carbocycles. The van der Waals surface area contributed by atoms with Crippen LogP contribution in [0.15, 0.2) is 12.1 Å². The Hall–Kier alpha value is -1.31. The largest absolute Gasteiger partial charge is 0.332 e. The summed E-state index contributed by atoms with van der Waals surface area (Å²) >= 11 is 0. The molecule has 0 atom stereocenters. The lowest BCUT2D eigenvalue weighted by Crippen LogP contribution is -2.30. The van der Waals surface area contributed by atoms with Crippen LogP contribution in [0.2, 0.25) is 0 Å². The Labute approximate surface area is 115 Å². The number of carbonyl (C=O) groups excluding carboxylic acids is 1. The molecule has 1 amide bonds. The lowest BCUT2D eigenvalue weighted by atomic mass is 9.92. The van der Waals surface area contributed by atoms with E-state index in [4.69, 9.17) is 0 Å². The van der Waals surface area contributed by atoms with E-state index in [9.17, 15) is 4.79 Å². The maximum atomic E-state index is 12.5. The lowest BCUT2D eigenvalue weighted by Gasteiger charge is -2.20. The zero-order valence-corrected chi connectivity index (χ0v) is 12.4. The first-order valence-corrected chi connectivity index (χ1v) is 7.46. The summed E-state index contributed by atoms with van der Waals surface area (Å²) in [4.78, 5) is 14.5. The van der Waals surface area contributed by atoms with Crippen LogP contribution < -0.4 is 0 Å². The van der Waals surface area contributed by atoms with Crippen LogP contribution in [0.4, 0.5) is 0 Å². The summed E-state index contributed by atoms with van der Waals surface area (Å²) in [6.45, 7) is 9.43. The smallest absolute Gasteiger partial charge is 0.254 e. The molecule has 19 heavy (non-hydrogen) atoms. The van der Waals surface area contributed by atoms with Gasteiger partial charge in [-0.2, -0.15) is 0 Å². The minimum Gasteiger partial charge on any atom is -0.332 e. The van der Waals surface area contributed by atoms with Crippen LogP contribution >= 0.6 is 0 Å². The molecule has 0 N–H and O–H groups in total. The first-order chi connectivity index (χ1) is 8.99. The average Bonchev–Trinajstić information content (AvgIpc) is 3.13. The molecule has 1 aliphatic heterocycles. The van der Waals surface area contributed by atoms with Crippen LogP contribution in [0.3, 0.4) is 0 Å². The van der Waals surface area contributed by atoms with Crippen LogP contribution in [0, 0.1) is 0 Å². The van der Waals surface area contributed by atoms with E-state index >= 15 is 0 Å². The summed E-state index contributed by atoms with van der Waals surface area (Å²) in [5, 5.41) is 0. The fourth-order valence-corrected chi connectivity index (χ4v) is 2.99. The fraction of sp³-hybridized carbons (Fsp3) is 0.588. The van der Waals surface area contributed by atoms with Gasteiger partial charge in [0.05, 0.1) is 0 Å². The molecule has 1 aromatic rings. The Morgan fingerprint density at radius 3 is 2.37 bits per heavy atom. The fourth-order valence-electron chi connectivity index (χ4n) is 2.99. The van der Waals surface area contributed by atoms with E-state index < -0.39 is 0 Å². The van der Waals surface area contributed by atoms with Crippen molar-refractivity contribution in [1.29, 1.82) is 0 Å². The topological polar surface area (TPSA) is 20.3 Å². The lowest BCUT2D eigenvalue weighted by molar-refractivity contribution is 0.0730. The molecular weight excluding hydrogens is 234 g/mol. The van der Waals surface area contributed by atoms with Gasteiger partial charge in [0.1, 0.15) is 0 Å². The Balaban J connectivity index is 2.09. The van der Waals surface area contributed by atoms with E-state index in [1.54, 1.807) is 0 Å². The van der Waals surface area contributed by atoms with Crippen molar-refractivity contribution in [1.82, 2.24) is 4.90 Å². The number of benzene rings is 1. The highest BCUT2D eigenvalue weighted by Crippen LogP contribution is 2.45. The molecule has 1 fully saturated rings. The molecule has 3 rings (SSSR count). The van der Waals surface area contributed by atoms with Gasteiger partial charge in [0.25, 0.3) is 5.91 Å². The highest BCUT2D eigenvalue weighted by atomic mass is 16.2. The molecule has 0 spiro atoms. The third-order valence-corrected chi connectivity index (χ3v) is 4.43. The second-order valence-electron chi connectivity index (χ2n) is 6.59. The number of rotatable bonds is 3. The average molecular weight is 257 g/mol. The standard InChI is InChI=1S/C17H23NO/c1-10(2)13-7-14(12-5-6-12)16-9-18(11(3)4)17(19)15(16)8-13/h7-8,10-12H,5-6,9H2,1-4H3. The van der Waals surface area contributed by atoms with Crippen LogP contribution in [-0.4, -0.2) is 16.8 Å². The van der Waals surface area contributed by atoms with Gasteiger partial charge < -0.3 is 4.90 Å². The van der Waals surface area contributed by atoms with E-state index in [2.05, 4.69) is 39.8 Å². The molecule has 2 heteroatoms. The van der Waals surface area contributed by atoms with E-state index in [-0.39, 0.29) is 11.9 Å². The minimum absolute atomic E-state index is 0.231. The normalized spacial score (nSPS) is 18.6. The summed E-state index contributed by atoms with van der Waals surface area (Å²) in [5.74, 6) is 1.44. The molecule has 0 bridgehead atoms. The number of carbonyl (C=O) groups is 1. The van der Waals surface area contributed by atoms with Crippen molar-refractivity contribution in [2.24, 2.45) is 0 Å². The summed E-state index contributed by atoms with van der Waals surface area (Å²) < 4.78 is 0. The van der Waals surface area contributed by atoms with Gasteiger partial charge in [0, 0.05) is 18.2 Å². The van der Waals surface area contributed by atoms with Gasteiger partial charge in [-0.15, -0.1) is 0 Å². The zero-order valence-electron chi connectivity index (χ0n) is 12.4. The summed E-state index contributed by atoms with van der Waals surface area (Å²) in [6.07, 6.45) is 2.59. The van der Waals surface area contributed by atoms with Gasteiger partial charge in [0.2, 0.25) is 0 Å². The Morgan fingerprint density at radius 2 is 1.84 bits per heavy atom. The molecule has 0 aromatic heterocycles. The predicted molar refractivity (Wildman–Crippen MR) is 77.5 cm³/mol. The molecule has 1 saturated carbocycles. The Kier molecular flexibility index (Phi) is 2.92. The minimum atomic E-state index is 0.231. The third kappa shape index (κ3) is 2.07. The molecule has 1 heterocycles. The molecule has 1 aromatic carbocycles. The molecule has 2 nitrogen and oxygen atoms in total. The zero-order chi connectivity index (χ0) is 13.7. The maximum Gasteiger partial charge on any atom is 0.254 e. The van der Waals surface area contributed by atoms with Crippen molar-refractivity contribution in [2.45, 2.75) is 65.0 Å². The number of fused-ring (bicyclic) bond motifs is 1. The van der Waals surface area contributed by atoms with Crippen molar-refractivity contribution in [2.75, 3.05) is 0 Å². The van der Waals surface area contributed by atoms with E-state index in [0.29, 0.717) is 11.8 Å². The summed E-state index contributed by atoms with van der Waals surface area (Å²) in [6, 6.07) is 4.78. The van der Waals surface area contributed by atoms with E-state index in [0.717, 1.165) is 12.1 Å². The number of nitrogens with zero attached hydrogens (tertiary/aromatic N) is 1. The Morgan fingerprint density at radius 1 is 1.16 bits per heavy atom. The highest BCUT2D eigenvalue weighted by molar-refractivity contribution is 5.99. The van der Waals surface area contributed by atoms with Gasteiger partial charge in [-0.05, 0) is 61.3 Å². The first-order valence-electron chi connectivity index (χ1n) is 7.46. The molecule has 0 radical (unpaired) electrons. The van der Waals surface area contributed by atoms with Gasteiger partial charge in [0.15, 0.2) is 0 Å². The van der Waals surface area contributed by atoms with Gasteiger partial charge in [-0.3, -0.25) is 4.79 Å². The molecule has 0 saturated heterocycles. The number of hydrogen-bond donors (Lipinski definition) is 0. The van der Waals surface area contributed by atoms with Crippen molar-refractivity contribution in [3.8, 4) is 0 Å². The first kappa shape index (κ1) is 12.7. The van der Waals surface area contributed by atoms with Crippen LogP contribution in [-0.2, 0) is 6.54 Å². The van der Waals surface area contributed by atoms with Crippen molar-refractivity contribution >= 4 is 5.91 Å². The summed E-state index contributed by atoms with van der Waals surface area (Å²) in [5.41, 5.74) is 5.06. The SMILES string of the molecule is CC(C)c1cc2c(c(C3CC3)c1)CN(C(C)C)C2=O. The quantitative estimate of drug-likeness (QED) is 0.800. The summed E-state index contributed by atoms with van der Waals surface area (Å²) in [7, 11) is 0. The van der Waals surface area contributed by atoms with Crippen LogP contribution in [0.25, 0.3) is 0 Å². The monoisotopic (exact) mass is 257 g/mol. The van der Waals surface area contributed by atoms with Gasteiger partial charge in [-0.1, -0.05) is 19.9 Å². The number of amides is 1. The highest BCUT2D eigenvalue weighted by Gasteiger charge is 2.36. The molecule has 0 unspecified atom stereocenters. The third-order valence-electron chi connectivity index (χ3n) is 4.43. The number of hydrogen-bond acceptors (Lipinski definition) is 1. The molecule has 2 aliphatic rings.